The number of piperazine rings is 1. The molecular weight excluding hydrogens is 290 g/mol. The number of hydrogen-bond acceptors (Lipinski definition) is 5. The van der Waals surface area contributed by atoms with Gasteiger partial charge in [-0.3, -0.25) is 9.69 Å². The number of nitrogens with two attached hydrogens (primary N) is 1. The number of amides is 1. The van der Waals surface area contributed by atoms with E-state index >= 15 is 0 Å². The van der Waals surface area contributed by atoms with Crippen LogP contribution in [-0.2, 0) is 0 Å². The van der Waals surface area contributed by atoms with Gasteiger partial charge in [-0.2, -0.15) is 0 Å². The highest BCUT2D eigenvalue weighted by Crippen LogP contribution is 2.17. The molecule has 0 bridgehead atoms. The molecule has 3 heterocycles. The maximum atomic E-state index is 12.5. The average Bonchev–Trinajstić information content (AvgIpc) is 2.55. The standard InChI is InChI=1S/C17H23N5O/c1-12-9-13(2)16(20-10-12)21-5-7-22(8-6-21)17(23)15-4-3-14(18)11-19-15/h3-4,9-11,16,20H,5-8,18H2,1-2H3. The highest BCUT2D eigenvalue weighted by atomic mass is 16.2. The van der Waals surface area contributed by atoms with Crippen molar-refractivity contribution in [1.82, 2.24) is 20.1 Å². The van der Waals surface area contributed by atoms with Gasteiger partial charge < -0.3 is 16.0 Å². The summed E-state index contributed by atoms with van der Waals surface area (Å²) in [6.45, 7) is 7.33. The van der Waals surface area contributed by atoms with E-state index in [0.29, 0.717) is 24.5 Å². The maximum Gasteiger partial charge on any atom is 0.272 e. The number of carbonyl (C=O) groups excluding carboxylic acids is 1. The van der Waals surface area contributed by atoms with E-state index in [0.717, 1.165) is 13.1 Å². The van der Waals surface area contributed by atoms with Crippen molar-refractivity contribution in [3.8, 4) is 0 Å². The zero-order valence-electron chi connectivity index (χ0n) is 13.6. The van der Waals surface area contributed by atoms with Crippen LogP contribution in [0.15, 0.2) is 41.8 Å². The number of pyridine rings is 1. The van der Waals surface area contributed by atoms with E-state index in [9.17, 15) is 4.79 Å². The Morgan fingerprint density at radius 3 is 2.61 bits per heavy atom. The summed E-state index contributed by atoms with van der Waals surface area (Å²) in [6.07, 6.45) is 6.01. The van der Waals surface area contributed by atoms with Crippen molar-refractivity contribution in [2.75, 3.05) is 31.9 Å². The smallest absolute Gasteiger partial charge is 0.272 e. The van der Waals surface area contributed by atoms with Crippen LogP contribution in [0.5, 0.6) is 0 Å². The van der Waals surface area contributed by atoms with Gasteiger partial charge in [-0.25, -0.2) is 4.98 Å². The van der Waals surface area contributed by atoms with Crippen LogP contribution >= 0.6 is 0 Å². The highest BCUT2D eigenvalue weighted by Gasteiger charge is 2.28. The largest absolute Gasteiger partial charge is 0.397 e. The van der Waals surface area contributed by atoms with Gasteiger partial charge in [-0.15, -0.1) is 0 Å². The summed E-state index contributed by atoms with van der Waals surface area (Å²) in [7, 11) is 0. The molecule has 1 aromatic rings. The van der Waals surface area contributed by atoms with E-state index in [2.05, 4.69) is 35.1 Å². The minimum absolute atomic E-state index is 0.0238. The summed E-state index contributed by atoms with van der Waals surface area (Å²) >= 11 is 0. The van der Waals surface area contributed by atoms with E-state index in [-0.39, 0.29) is 12.1 Å². The molecule has 3 N–H and O–H groups in total. The predicted molar refractivity (Wildman–Crippen MR) is 90.6 cm³/mol. The lowest BCUT2D eigenvalue weighted by molar-refractivity contribution is 0.0573. The molecule has 1 saturated heterocycles. The van der Waals surface area contributed by atoms with Gasteiger partial charge in [0.05, 0.1) is 11.9 Å². The Hall–Kier alpha value is -2.34. The number of dihydropyridines is 1. The lowest BCUT2D eigenvalue weighted by Crippen LogP contribution is -2.55. The van der Waals surface area contributed by atoms with Gasteiger partial charge in [0.1, 0.15) is 11.9 Å². The summed E-state index contributed by atoms with van der Waals surface area (Å²) < 4.78 is 0. The lowest BCUT2D eigenvalue weighted by atomic mass is 10.1. The van der Waals surface area contributed by atoms with Gasteiger partial charge >= 0.3 is 0 Å². The predicted octanol–water partition coefficient (Wildman–Crippen LogP) is 1.20. The first-order valence-corrected chi connectivity index (χ1v) is 7.90. The summed E-state index contributed by atoms with van der Waals surface area (Å²) in [4.78, 5) is 20.8. The molecule has 2 aliphatic rings. The molecule has 122 valence electrons. The van der Waals surface area contributed by atoms with Crippen molar-refractivity contribution in [2.24, 2.45) is 0 Å². The van der Waals surface area contributed by atoms with Crippen molar-refractivity contribution in [1.29, 1.82) is 0 Å². The quantitative estimate of drug-likeness (QED) is 0.858. The summed E-state index contributed by atoms with van der Waals surface area (Å²) in [6, 6.07) is 3.40. The third kappa shape index (κ3) is 3.37. The minimum atomic E-state index is -0.0238. The minimum Gasteiger partial charge on any atom is -0.397 e. The van der Waals surface area contributed by atoms with Crippen LogP contribution in [0.1, 0.15) is 24.3 Å². The Labute approximate surface area is 136 Å². The second-order valence-corrected chi connectivity index (χ2v) is 6.15. The zero-order valence-corrected chi connectivity index (χ0v) is 13.6. The van der Waals surface area contributed by atoms with Crippen LogP contribution in [0, 0.1) is 0 Å². The molecule has 1 aromatic heterocycles. The van der Waals surface area contributed by atoms with Crippen LogP contribution in [0.3, 0.4) is 0 Å². The molecule has 6 nitrogen and oxygen atoms in total. The van der Waals surface area contributed by atoms with Crippen LogP contribution in [0.2, 0.25) is 0 Å². The second-order valence-electron chi connectivity index (χ2n) is 6.15. The molecule has 1 fully saturated rings. The number of nitrogens with zero attached hydrogens (tertiary/aromatic N) is 3. The van der Waals surface area contributed by atoms with Crippen LogP contribution in [0.25, 0.3) is 0 Å². The van der Waals surface area contributed by atoms with Gasteiger partial charge in [-0.05, 0) is 37.1 Å². The molecule has 0 aromatic carbocycles. The average molecular weight is 313 g/mol. The van der Waals surface area contributed by atoms with E-state index in [1.807, 2.05) is 11.1 Å². The molecule has 1 unspecified atom stereocenters. The number of aromatic nitrogens is 1. The Kier molecular flexibility index (Phi) is 4.34. The number of anilines is 1. The summed E-state index contributed by atoms with van der Waals surface area (Å²) in [5.74, 6) is -0.0238. The van der Waals surface area contributed by atoms with Crippen molar-refractivity contribution >= 4 is 11.6 Å². The van der Waals surface area contributed by atoms with Crippen LogP contribution in [0.4, 0.5) is 5.69 Å². The molecule has 2 aliphatic heterocycles. The number of allylic oxidation sites excluding steroid dienone is 2. The summed E-state index contributed by atoms with van der Waals surface area (Å²) in [5.41, 5.74) is 9.19. The number of nitrogens with one attached hydrogen (secondary N) is 1. The van der Waals surface area contributed by atoms with Crippen molar-refractivity contribution < 1.29 is 4.79 Å². The molecule has 1 amide bonds. The SMILES string of the molecule is CC1=CNC(N2CCN(C(=O)c3ccc(N)cn3)CC2)C(C)=C1. The highest BCUT2D eigenvalue weighted by molar-refractivity contribution is 5.92. The Morgan fingerprint density at radius 1 is 1.26 bits per heavy atom. The third-order valence-corrected chi connectivity index (χ3v) is 4.33. The molecule has 6 heteroatoms. The molecule has 3 rings (SSSR count). The van der Waals surface area contributed by atoms with Crippen LogP contribution < -0.4 is 11.1 Å². The van der Waals surface area contributed by atoms with Gasteiger partial charge in [0.15, 0.2) is 0 Å². The number of rotatable bonds is 2. The molecule has 1 atom stereocenters. The normalized spacial score (nSPS) is 22.2. The fourth-order valence-electron chi connectivity index (χ4n) is 3.09. The first-order chi connectivity index (χ1) is 11.0. The Morgan fingerprint density at radius 2 is 2.00 bits per heavy atom. The van der Waals surface area contributed by atoms with Crippen molar-refractivity contribution in [2.45, 2.75) is 20.0 Å². The van der Waals surface area contributed by atoms with E-state index in [1.54, 1.807) is 12.1 Å². The molecular formula is C17H23N5O. The van der Waals surface area contributed by atoms with Gasteiger partial charge in [0.2, 0.25) is 0 Å². The Balaban J connectivity index is 1.59. The fourth-order valence-corrected chi connectivity index (χ4v) is 3.09. The van der Waals surface area contributed by atoms with E-state index in [4.69, 9.17) is 5.73 Å². The number of carbonyl (C=O) groups is 1. The molecule has 23 heavy (non-hydrogen) atoms. The first-order valence-electron chi connectivity index (χ1n) is 7.90. The second kappa shape index (κ2) is 6.42. The topological polar surface area (TPSA) is 74.5 Å². The maximum absolute atomic E-state index is 12.5. The van der Waals surface area contributed by atoms with Gasteiger partial charge in [-0.1, -0.05) is 6.08 Å². The molecule has 0 radical (unpaired) electrons. The summed E-state index contributed by atoms with van der Waals surface area (Å²) in [5, 5.41) is 3.44. The van der Waals surface area contributed by atoms with Gasteiger partial charge in [0.25, 0.3) is 5.91 Å². The Bertz CT molecular complexity index is 641. The van der Waals surface area contributed by atoms with E-state index < -0.39 is 0 Å². The number of nitrogen functional groups attached to an aromatic ring is 1. The zero-order chi connectivity index (χ0) is 16.4. The molecule has 0 saturated carbocycles. The van der Waals surface area contributed by atoms with Gasteiger partial charge in [0, 0.05) is 32.4 Å². The lowest BCUT2D eigenvalue weighted by Gasteiger charge is -2.40. The molecule has 0 aliphatic carbocycles. The van der Waals surface area contributed by atoms with Crippen molar-refractivity contribution in [3.05, 3.63) is 47.4 Å². The molecule has 0 spiro atoms. The van der Waals surface area contributed by atoms with Crippen LogP contribution in [-0.4, -0.2) is 53.0 Å². The number of hydrogen-bond donors (Lipinski definition) is 2. The van der Waals surface area contributed by atoms with E-state index in [1.165, 1.54) is 17.3 Å². The van der Waals surface area contributed by atoms with Crippen molar-refractivity contribution in [3.63, 3.8) is 0 Å². The fraction of sp³-hybridized carbons (Fsp3) is 0.412. The monoisotopic (exact) mass is 313 g/mol. The third-order valence-electron chi connectivity index (χ3n) is 4.33. The first kappa shape index (κ1) is 15.6.